The topological polar surface area (TPSA) is 26.0 Å². The summed E-state index contributed by atoms with van der Waals surface area (Å²) in [4.78, 5) is 0. The van der Waals surface area contributed by atoms with Crippen LogP contribution >= 0.6 is 0 Å². The molecule has 0 aliphatic carbocycles. The van der Waals surface area contributed by atoms with Crippen LogP contribution < -0.4 is 5.73 Å². The van der Waals surface area contributed by atoms with Crippen LogP contribution in [-0.4, -0.2) is 6.54 Å². The van der Waals surface area contributed by atoms with E-state index in [-0.39, 0.29) is 17.6 Å². The lowest BCUT2D eigenvalue weighted by Crippen LogP contribution is -2.14. The van der Waals surface area contributed by atoms with Crippen molar-refractivity contribution in [1.29, 1.82) is 0 Å². The van der Waals surface area contributed by atoms with E-state index >= 15 is 0 Å². The molecule has 0 saturated heterocycles. The standard InChI is InChI=1S/C19H25F2N/c1-6-15(20)11-17(12(2)3)16(9-10-22)19-13(4)7-8-18(21)14(19)5/h6-8,11,16H,2,9-10,22H2,1,3-5H3/b15-6+,17-11+. The summed E-state index contributed by atoms with van der Waals surface area (Å²) in [6.07, 6.45) is 3.49. The lowest BCUT2D eigenvalue weighted by molar-refractivity contribution is 0.606. The quantitative estimate of drug-likeness (QED) is 0.714. The van der Waals surface area contributed by atoms with Gasteiger partial charge in [-0.1, -0.05) is 24.3 Å². The third kappa shape index (κ3) is 4.14. The number of hydrogen-bond donors (Lipinski definition) is 1. The minimum absolute atomic E-state index is 0.163. The van der Waals surface area contributed by atoms with E-state index in [0.29, 0.717) is 18.5 Å². The molecule has 0 radical (unpaired) electrons. The van der Waals surface area contributed by atoms with E-state index in [1.165, 1.54) is 18.2 Å². The SMILES string of the molecule is C=C(C)/C(=C\C(F)=C/C)C(CCN)c1c(C)ccc(F)c1C. The van der Waals surface area contributed by atoms with Crippen molar-refractivity contribution in [2.24, 2.45) is 5.73 Å². The van der Waals surface area contributed by atoms with Crippen molar-refractivity contribution in [1.82, 2.24) is 0 Å². The van der Waals surface area contributed by atoms with Gasteiger partial charge in [0.25, 0.3) is 0 Å². The third-order valence-electron chi connectivity index (χ3n) is 3.91. The highest BCUT2D eigenvalue weighted by Crippen LogP contribution is 2.37. The molecule has 0 bridgehead atoms. The van der Waals surface area contributed by atoms with Gasteiger partial charge in [0.1, 0.15) is 11.6 Å². The van der Waals surface area contributed by atoms with Gasteiger partial charge in [0.2, 0.25) is 0 Å². The summed E-state index contributed by atoms with van der Waals surface area (Å²) in [5.41, 5.74) is 9.72. The fourth-order valence-electron chi connectivity index (χ4n) is 2.75. The molecule has 1 atom stereocenters. The Bertz CT molecular complexity index is 612. The average Bonchev–Trinajstić information content (AvgIpc) is 2.47. The van der Waals surface area contributed by atoms with Gasteiger partial charge in [-0.25, -0.2) is 8.78 Å². The predicted octanol–water partition coefficient (Wildman–Crippen LogP) is 5.25. The van der Waals surface area contributed by atoms with Crippen LogP contribution in [0.25, 0.3) is 0 Å². The summed E-state index contributed by atoms with van der Waals surface area (Å²) >= 11 is 0. The lowest BCUT2D eigenvalue weighted by atomic mass is 9.80. The van der Waals surface area contributed by atoms with E-state index in [4.69, 9.17) is 5.73 Å². The number of nitrogens with two attached hydrogens (primary N) is 1. The van der Waals surface area contributed by atoms with Crippen LogP contribution in [0.3, 0.4) is 0 Å². The number of hydrogen-bond acceptors (Lipinski definition) is 1. The molecule has 0 aliphatic rings. The zero-order chi connectivity index (χ0) is 16.9. The number of aryl methyl sites for hydroxylation is 1. The fourth-order valence-corrected chi connectivity index (χ4v) is 2.75. The first kappa shape index (κ1) is 18.3. The first-order valence-corrected chi connectivity index (χ1v) is 7.48. The Morgan fingerprint density at radius 1 is 1.36 bits per heavy atom. The first-order chi connectivity index (χ1) is 10.3. The van der Waals surface area contributed by atoms with E-state index in [0.717, 1.165) is 22.3 Å². The summed E-state index contributed by atoms with van der Waals surface area (Å²) < 4.78 is 27.8. The molecular weight excluding hydrogens is 280 g/mol. The minimum Gasteiger partial charge on any atom is -0.330 e. The van der Waals surface area contributed by atoms with Crippen LogP contribution in [0.2, 0.25) is 0 Å². The Hall–Kier alpha value is -1.74. The minimum atomic E-state index is -0.327. The molecule has 0 aliphatic heterocycles. The van der Waals surface area contributed by atoms with Gasteiger partial charge in [-0.3, -0.25) is 0 Å². The number of allylic oxidation sites excluding steroid dienone is 5. The molecule has 0 fully saturated rings. The van der Waals surface area contributed by atoms with Gasteiger partial charge >= 0.3 is 0 Å². The molecule has 120 valence electrons. The molecule has 0 saturated carbocycles. The summed E-state index contributed by atoms with van der Waals surface area (Å²) in [6, 6.07) is 3.22. The maximum Gasteiger partial charge on any atom is 0.126 e. The molecule has 0 heterocycles. The average molecular weight is 305 g/mol. The number of rotatable bonds is 6. The fraction of sp³-hybridized carbons (Fsp3) is 0.368. The largest absolute Gasteiger partial charge is 0.330 e. The van der Waals surface area contributed by atoms with Crippen LogP contribution in [0.4, 0.5) is 8.78 Å². The Balaban J connectivity index is 3.55. The summed E-state index contributed by atoms with van der Waals surface area (Å²) in [7, 11) is 0. The van der Waals surface area contributed by atoms with Gasteiger partial charge in [0.15, 0.2) is 0 Å². The van der Waals surface area contributed by atoms with E-state index in [1.54, 1.807) is 19.9 Å². The second kappa shape index (κ2) is 8.04. The molecule has 1 aromatic rings. The van der Waals surface area contributed by atoms with E-state index in [9.17, 15) is 8.78 Å². The molecule has 1 nitrogen and oxygen atoms in total. The van der Waals surface area contributed by atoms with Gasteiger partial charge < -0.3 is 5.73 Å². The van der Waals surface area contributed by atoms with Crippen molar-refractivity contribution < 1.29 is 8.78 Å². The Labute approximate surface area is 132 Å². The maximum absolute atomic E-state index is 14.0. The van der Waals surface area contributed by atoms with Gasteiger partial charge in [0, 0.05) is 5.92 Å². The molecule has 1 unspecified atom stereocenters. The van der Waals surface area contributed by atoms with Gasteiger partial charge in [-0.15, -0.1) is 0 Å². The van der Waals surface area contributed by atoms with Crippen molar-refractivity contribution in [3.8, 4) is 0 Å². The molecule has 0 spiro atoms. The zero-order valence-corrected chi connectivity index (χ0v) is 13.8. The van der Waals surface area contributed by atoms with Crippen molar-refractivity contribution in [3.63, 3.8) is 0 Å². The molecule has 22 heavy (non-hydrogen) atoms. The van der Waals surface area contributed by atoms with Crippen LogP contribution in [0, 0.1) is 19.7 Å². The van der Waals surface area contributed by atoms with E-state index in [2.05, 4.69) is 6.58 Å². The number of benzene rings is 1. The van der Waals surface area contributed by atoms with Gasteiger partial charge in [-0.05, 0) is 75.1 Å². The molecule has 0 amide bonds. The highest BCUT2D eigenvalue weighted by Gasteiger charge is 2.22. The molecule has 2 N–H and O–H groups in total. The van der Waals surface area contributed by atoms with Crippen molar-refractivity contribution >= 4 is 0 Å². The van der Waals surface area contributed by atoms with Crippen LogP contribution in [0.1, 0.15) is 42.9 Å². The molecule has 1 rings (SSSR count). The van der Waals surface area contributed by atoms with Crippen molar-refractivity contribution in [2.45, 2.75) is 40.0 Å². The highest BCUT2D eigenvalue weighted by molar-refractivity contribution is 5.48. The predicted molar refractivity (Wildman–Crippen MR) is 90.0 cm³/mol. The van der Waals surface area contributed by atoms with Crippen LogP contribution in [0.5, 0.6) is 0 Å². The lowest BCUT2D eigenvalue weighted by Gasteiger charge is -2.25. The highest BCUT2D eigenvalue weighted by atomic mass is 19.1. The first-order valence-electron chi connectivity index (χ1n) is 7.48. The monoisotopic (exact) mass is 305 g/mol. The normalized spacial score (nSPS) is 14.1. The Morgan fingerprint density at radius 2 is 2.00 bits per heavy atom. The summed E-state index contributed by atoms with van der Waals surface area (Å²) in [5, 5.41) is 0. The Morgan fingerprint density at radius 3 is 2.50 bits per heavy atom. The van der Waals surface area contributed by atoms with E-state index in [1.807, 2.05) is 13.8 Å². The van der Waals surface area contributed by atoms with Crippen molar-refractivity contribution in [3.05, 3.63) is 70.3 Å². The van der Waals surface area contributed by atoms with E-state index < -0.39 is 0 Å². The molecular formula is C19H25F2N. The summed E-state index contributed by atoms with van der Waals surface area (Å²) in [5.74, 6) is -0.745. The summed E-state index contributed by atoms with van der Waals surface area (Å²) in [6.45, 7) is 11.6. The smallest absolute Gasteiger partial charge is 0.126 e. The van der Waals surface area contributed by atoms with Crippen LogP contribution in [0.15, 0.2) is 47.8 Å². The molecule has 1 aromatic carbocycles. The second-order valence-corrected chi connectivity index (χ2v) is 5.59. The molecule has 3 heteroatoms. The maximum atomic E-state index is 14.0. The zero-order valence-electron chi connectivity index (χ0n) is 13.8. The van der Waals surface area contributed by atoms with Crippen molar-refractivity contribution in [2.75, 3.05) is 6.54 Å². The number of halogens is 2. The van der Waals surface area contributed by atoms with Gasteiger partial charge in [0.05, 0.1) is 0 Å². The third-order valence-corrected chi connectivity index (χ3v) is 3.91. The second-order valence-electron chi connectivity index (χ2n) is 5.59. The Kier molecular flexibility index (Phi) is 6.69. The van der Waals surface area contributed by atoms with Crippen LogP contribution in [-0.2, 0) is 0 Å². The van der Waals surface area contributed by atoms with Gasteiger partial charge in [-0.2, -0.15) is 0 Å². The molecule has 0 aromatic heterocycles.